The first-order chi connectivity index (χ1) is 8.31. The molecule has 2 N–H and O–H groups in total. The molecule has 0 fully saturated rings. The fraction of sp³-hybridized carbons (Fsp3) is 0.154. The number of aromatic nitrogens is 1. The molecule has 2 aromatic rings. The van der Waals surface area contributed by atoms with Crippen LogP contribution in [-0.2, 0) is 4.79 Å². The van der Waals surface area contributed by atoms with E-state index >= 15 is 0 Å². The standard InChI is InChI=1S/C13H12N2O2/c1-17-13-9(6-7-14-13)11-8-4-2-3-5-10(8)15-12(11)16/h2-7,11,14H,1H3,(H,15,16). The topological polar surface area (TPSA) is 54.1 Å². The van der Waals surface area contributed by atoms with Gasteiger partial charge >= 0.3 is 0 Å². The monoisotopic (exact) mass is 228 g/mol. The molecular formula is C13H12N2O2. The summed E-state index contributed by atoms with van der Waals surface area (Å²) in [5.74, 6) is 0.346. The first-order valence-electron chi connectivity index (χ1n) is 5.42. The van der Waals surface area contributed by atoms with Crippen molar-refractivity contribution >= 4 is 11.6 Å². The Balaban J connectivity index is 2.13. The summed E-state index contributed by atoms with van der Waals surface area (Å²) >= 11 is 0. The molecule has 3 rings (SSSR count). The lowest BCUT2D eigenvalue weighted by atomic mass is 9.94. The molecule has 1 unspecified atom stereocenters. The minimum Gasteiger partial charge on any atom is -0.482 e. The van der Waals surface area contributed by atoms with Gasteiger partial charge in [0.25, 0.3) is 0 Å². The number of H-pyrrole nitrogens is 1. The maximum absolute atomic E-state index is 12.0. The van der Waals surface area contributed by atoms with Crippen molar-refractivity contribution in [2.24, 2.45) is 0 Å². The summed E-state index contributed by atoms with van der Waals surface area (Å²) in [5.41, 5.74) is 2.75. The molecule has 1 amide bonds. The second kappa shape index (κ2) is 3.66. The number of rotatable bonds is 2. The number of hydrogen-bond acceptors (Lipinski definition) is 2. The van der Waals surface area contributed by atoms with Crippen LogP contribution in [0.2, 0.25) is 0 Å². The highest BCUT2D eigenvalue weighted by Crippen LogP contribution is 2.39. The van der Waals surface area contributed by atoms with Gasteiger partial charge in [0.1, 0.15) is 0 Å². The van der Waals surface area contributed by atoms with Crippen LogP contribution in [0.3, 0.4) is 0 Å². The average Bonchev–Trinajstić information content (AvgIpc) is 2.90. The summed E-state index contributed by atoms with van der Waals surface area (Å²) in [6.07, 6.45) is 1.78. The van der Waals surface area contributed by atoms with Crippen molar-refractivity contribution in [3.05, 3.63) is 47.7 Å². The number of anilines is 1. The summed E-state index contributed by atoms with van der Waals surface area (Å²) in [7, 11) is 1.59. The van der Waals surface area contributed by atoms with E-state index in [2.05, 4.69) is 10.3 Å². The highest BCUT2D eigenvalue weighted by molar-refractivity contribution is 6.05. The van der Waals surface area contributed by atoms with Gasteiger partial charge in [-0.3, -0.25) is 4.79 Å². The molecule has 1 atom stereocenters. The minimum atomic E-state index is -0.285. The first kappa shape index (κ1) is 9.96. The van der Waals surface area contributed by atoms with E-state index in [0.717, 1.165) is 16.8 Å². The normalized spacial score (nSPS) is 17.7. The number of fused-ring (bicyclic) bond motifs is 1. The van der Waals surface area contributed by atoms with Gasteiger partial charge in [0, 0.05) is 17.4 Å². The summed E-state index contributed by atoms with van der Waals surface area (Å²) in [6, 6.07) is 9.60. The fourth-order valence-corrected chi connectivity index (χ4v) is 2.29. The Morgan fingerprint density at radius 1 is 1.18 bits per heavy atom. The van der Waals surface area contributed by atoms with E-state index in [1.807, 2.05) is 30.3 Å². The molecule has 0 spiro atoms. The quantitative estimate of drug-likeness (QED) is 0.827. The summed E-state index contributed by atoms with van der Waals surface area (Å²) in [4.78, 5) is 15.0. The number of ether oxygens (including phenoxy) is 1. The van der Waals surface area contributed by atoms with Gasteiger partial charge < -0.3 is 15.0 Å². The number of aromatic amines is 1. The Morgan fingerprint density at radius 2 is 2.00 bits per heavy atom. The highest BCUT2D eigenvalue weighted by Gasteiger charge is 2.33. The van der Waals surface area contributed by atoms with E-state index in [1.54, 1.807) is 13.3 Å². The minimum absolute atomic E-state index is 0.0101. The third-order valence-corrected chi connectivity index (χ3v) is 3.05. The summed E-state index contributed by atoms with van der Waals surface area (Å²) < 4.78 is 5.23. The number of carbonyl (C=O) groups is 1. The Labute approximate surface area is 98.6 Å². The molecular weight excluding hydrogens is 216 g/mol. The van der Waals surface area contributed by atoms with Gasteiger partial charge in [-0.15, -0.1) is 0 Å². The molecule has 2 heterocycles. The zero-order valence-corrected chi connectivity index (χ0v) is 9.36. The zero-order chi connectivity index (χ0) is 11.8. The third kappa shape index (κ3) is 1.41. The maximum atomic E-state index is 12.0. The fourth-order valence-electron chi connectivity index (χ4n) is 2.29. The van der Waals surface area contributed by atoms with Crippen LogP contribution in [0.5, 0.6) is 5.88 Å². The van der Waals surface area contributed by atoms with Gasteiger partial charge in [0.2, 0.25) is 5.91 Å². The van der Waals surface area contributed by atoms with Crippen LogP contribution in [0, 0.1) is 0 Å². The van der Waals surface area contributed by atoms with Crippen LogP contribution in [0.15, 0.2) is 36.5 Å². The zero-order valence-electron chi connectivity index (χ0n) is 9.36. The number of hydrogen-bond donors (Lipinski definition) is 2. The van der Waals surface area contributed by atoms with Gasteiger partial charge in [0.05, 0.1) is 13.0 Å². The number of amides is 1. The molecule has 0 saturated carbocycles. The Hall–Kier alpha value is -2.23. The Bertz CT molecular complexity index is 574. The van der Waals surface area contributed by atoms with Crippen LogP contribution < -0.4 is 10.1 Å². The molecule has 0 radical (unpaired) electrons. The molecule has 86 valence electrons. The van der Waals surface area contributed by atoms with Gasteiger partial charge in [-0.2, -0.15) is 0 Å². The lowest BCUT2D eigenvalue weighted by Gasteiger charge is -2.09. The highest BCUT2D eigenvalue weighted by atomic mass is 16.5. The number of para-hydroxylation sites is 1. The Morgan fingerprint density at radius 3 is 2.82 bits per heavy atom. The van der Waals surface area contributed by atoms with Crippen LogP contribution >= 0.6 is 0 Å². The second-order valence-corrected chi connectivity index (χ2v) is 3.98. The lowest BCUT2D eigenvalue weighted by molar-refractivity contribution is -0.116. The summed E-state index contributed by atoms with van der Waals surface area (Å²) in [6.45, 7) is 0. The molecule has 0 saturated heterocycles. The molecule has 17 heavy (non-hydrogen) atoms. The number of carbonyl (C=O) groups excluding carboxylic acids is 1. The summed E-state index contributed by atoms with van der Waals surface area (Å²) in [5, 5.41) is 2.88. The van der Waals surface area contributed by atoms with Crippen LogP contribution in [0.25, 0.3) is 0 Å². The van der Waals surface area contributed by atoms with Crippen molar-refractivity contribution < 1.29 is 9.53 Å². The number of nitrogens with one attached hydrogen (secondary N) is 2. The van der Waals surface area contributed by atoms with Crippen LogP contribution in [0.4, 0.5) is 5.69 Å². The molecule has 0 bridgehead atoms. The van der Waals surface area contributed by atoms with Gasteiger partial charge in [-0.1, -0.05) is 18.2 Å². The van der Waals surface area contributed by atoms with E-state index in [4.69, 9.17) is 4.74 Å². The van der Waals surface area contributed by atoms with Gasteiger partial charge in [-0.05, 0) is 17.7 Å². The van der Waals surface area contributed by atoms with Crippen molar-refractivity contribution in [2.45, 2.75) is 5.92 Å². The number of methoxy groups -OCH3 is 1. The van der Waals surface area contributed by atoms with E-state index in [-0.39, 0.29) is 11.8 Å². The predicted molar refractivity (Wildman–Crippen MR) is 64.3 cm³/mol. The predicted octanol–water partition coefficient (Wildman–Crippen LogP) is 2.11. The Kier molecular flexibility index (Phi) is 2.14. The van der Waals surface area contributed by atoms with Gasteiger partial charge in [0.15, 0.2) is 5.88 Å². The van der Waals surface area contributed by atoms with Crippen LogP contribution in [0.1, 0.15) is 17.0 Å². The second-order valence-electron chi connectivity index (χ2n) is 3.98. The molecule has 1 aliphatic rings. The maximum Gasteiger partial charge on any atom is 0.236 e. The molecule has 4 nitrogen and oxygen atoms in total. The first-order valence-corrected chi connectivity index (χ1v) is 5.42. The molecule has 1 aromatic carbocycles. The molecule has 0 aliphatic carbocycles. The molecule has 4 heteroatoms. The van der Waals surface area contributed by atoms with E-state index in [1.165, 1.54) is 0 Å². The third-order valence-electron chi connectivity index (χ3n) is 3.05. The average molecular weight is 228 g/mol. The smallest absolute Gasteiger partial charge is 0.236 e. The number of benzene rings is 1. The van der Waals surface area contributed by atoms with Crippen LogP contribution in [-0.4, -0.2) is 18.0 Å². The molecule has 1 aliphatic heterocycles. The van der Waals surface area contributed by atoms with E-state index in [9.17, 15) is 4.79 Å². The molecule has 1 aromatic heterocycles. The van der Waals surface area contributed by atoms with Crippen molar-refractivity contribution in [1.29, 1.82) is 0 Å². The van der Waals surface area contributed by atoms with Gasteiger partial charge in [-0.25, -0.2) is 0 Å². The van der Waals surface area contributed by atoms with E-state index in [0.29, 0.717) is 5.88 Å². The van der Waals surface area contributed by atoms with Crippen molar-refractivity contribution in [1.82, 2.24) is 4.98 Å². The largest absolute Gasteiger partial charge is 0.482 e. The SMILES string of the molecule is COc1[nH]ccc1C1C(=O)Nc2ccccc21. The van der Waals surface area contributed by atoms with Crippen molar-refractivity contribution in [3.63, 3.8) is 0 Å². The lowest BCUT2D eigenvalue weighted by Crippen LogP contribution is -2.13. The van der Waals surface area contributed by atoms with Crippen molar-refractivity contribution in [3.8, 4) is 5.88 Å². The van der Waals surface area contributed by atoms with Crippen molar-refractivity contribution in [2.75, 3.05) is 12.4 Å². The van der Waals surface area contributed by atoms with E-state index < -0.39 is 0 Å².